The molecule has 20 heavy (non-hydrogen) atoms. The molecule has 1 heterocycles. The fourth-order valence-corrected chi connectivity index (χ4v) is 2.55. The highest BCUT2D eigenvalue weighted by atomic mass is 79.9. The highest BCUT2D eigenvalue weighted by molar-refractivity contribution is 9.10. The number of hydrogen-bond acceptors (Lipinski definition) is 4. The van der Waals surface area contributed by atoms with Crippen LogP contribution < -0.4 is 10.2 Å². The number of halogens is 1. The van der Waals surface area contributed by atoms with Crippen molar-refractivity contribution in [2.75, 3.05) is 31.7 Å². The number of anilines is 1. The minimum Gasteiger partial charge on any atom is -0.478 e. The lowest BCUT2D eigenvalue weighted by Crippen LogP contribution is -2.53. The number of hydrogen-bond donors (Lipinski definition) is 2. The average Bonchev–Trinajstić information content (AvgIpc) is 2.46. The molecule has 1 saturated heterocycles. The fourth-order valence-electron chi connectivity index (χ4n) is 2.20. The Hall–Kier alpha value is -1.60. The van der Waals surface area contributed by atoms with Gasteiger partial charge in [0, 0.05) is 18.1 Å². The number of benzene rings is 1. The average molecular weight is 343 g/mol. The third-order valence-corrected chi connectivity index (χ3v) is 3.67. The second-order valence-corrected chi connectivity index (χ2v) is 5.28. The largest absolute Gasteiger partial charge is 0.478 e. The highest BCUT2D eigenvalue weighted by Gasteiger charge is 2.31. The van der Waals surface area contributed by atoms with Crippen molar-refractivity contribution >= 4 is 33.5 Å². The molecule has 108 valence electrons. The van der Waals surface area contributed by atoms with E-state index in [-0.39, 0.29) is 18.1 Å². The van der Waals surface area contributed by atoms with Crippen molar-refractivity contribution in [1.82, 2.24) is 5.32 Å². The standard InChI is InChI=1S/C13H15BrN2O4/c1-15-12(17)11-7-20-5-4-16(11)10-6-8(14)2-3-9(10)13(18)19/h2-3,6,11H,4-5,7H2,1H3,(H,15,17)(H,18,19). The Balaban J connectivity index is 2.44. The van der Waals surface area contributed by atoms with Crippen molar-refractivity contribution in [3.8, 4) is 0 Å². The molecule has 2 rings (SSSR count). The summed E-state index contributed by atoms with van der Waals surface area (Å²) in [5, 5.41) is 11.9. The molecule has 0 saturated carbocycles. The van der Waals surface area contributed by atoms with Gasteiger partial charge in [-0.05, 0) is 18.2 Å². The normalized spacial score (nSPS) is 18.7. The van der Waals surface area contributed by atoms with Gasteiger partial charge in [0.1, 0.15) is 6.04 Å². The zero-order valence-electron chi connectivity index (χ0n) is 10.9. The van der Waals surface area contributed by atoms with Crippen molar-refractivity contribution in [3.05, 3.63) is 28.2 Å². The summed E-state index contributed by atoms with van der Waals surface area (Å²) in [5.74, 6) is -1.21. The van der Waals surface area contributed by atoms with Gasteiger partial charge in [0.2, 0.25) is 5.91 Å². The summed E-state index contributed by atoms with van der Waals surface area (Å²) in [5.41, 5.74) is 0.688. The molecular weight excluding hydrogens is 328 g/mol. The van der Waals surface area contributed by atoms with Gasteiger partial charge in [-0.1, -0.05) is 15.9 Å². The second kappa shape index (κ2) is 6.23. The molecular formula is C13H15BrN2O4. The topological polar surface area (TPSA) is 78.9 Å². The first-order valence-corrected chi connectivity index (χ1v) is 6.92. The van der Waals surface area contributed by atoms with Crippen molar-refractivity contribution in [1.29, 1.82) is 0 Å². The van der Waals surface area contributed by atoms with Crippen molar-refractivity contribution in [3.63, 3.8) is 0 Å². The smallest absolute Gasteiger partial charge is 0.337 e. The van der Waals surface area contributed by atoms with E-state index in [0.29, 0.717) is 18.8 Å². The molecule has 1 aliphatic rings. The van der Waals surface area contributed by atoms with E-state index in [1.165, 1.54) is 6.07 Å². The zero-order valence-corrected chi connectivity index (χ0v) is 12.5. The van der Waals surface area contributed by atoms with E-state index in [4.69, 9.17) is 4.74 Å². The van der Waals surface area contributed by atoms with Gasteiger partial charge >= 0.3 is 5.97 Å². The van der Waals surface area contributed by atoms with Crippen LogP contribution in [0.15, 0.2) is 22.7 Å². The predicted octanol–water partition coefficient (Wildman–Crippen LogP) is 1.10. The molecule has 6 nitrogen and oxygen atoms in total. The SMILES string of the molecule is CNC(=O)C1COCCN1c1cc(Br)ccc1C(=O)O. The number of carboxylic acids is 1. The van der Waals surface area contributed by atoms with Crippen molar-refractivity contribution < 1.29 is 19.4 Å². The number of ether oxygens (including phenoxy) is 1. The van der Waals surface area contributed by atoms with E-state index in [9.17, 15) is 14.7 Å². The second-order valence-electron chi connectivity index (χ2n) is 4.36. The third-order valence-electron chi connectivity index (χ3n) is 3.18. The van der Waals surface area contributed by atoms with Gasteiger partial charge in [-0.3, -0.25) is 4.79 Å². The number of likely N-dealkylation sites (N-methyl/N-ethyl adjacent to an activating group) is 1. The summed E-state index contributed by atoms with van der Waals surface area (Å²) < 4.78 is 6.09. The highest BCUT2D eigenvalue weighted by Crippen LogP contribution is 2.28. The van der Waals surface area contributed by atoms with Gasteiger partial charge in [-0.2, -0.15) is 0 Å². The number of carbonyl (C=O) groups excluding carboxylic acids is 1. The maximum absolute atomic E-state index is 11.9. The Labute approximate surface area is 124 Å². The zero-order chi connectivity index (χ0) is 14.7. The summed E-state index contributed by atoms with van der Waals surface area (Å²) in [6, 6.07) is 4.38. The molecule has 0 bridgehead atoms. The molecule has 2 N–H and O–H groups in total. The molecule has 1 amide bonds. The molecule has 1 atom stereocenters. The van der Waals surface area contributed by atoms with Gasteiger partial charge in [-0.15, -0.1) is 0 Å². The molecule has 0 aromatic heterocycles. The van der Waals surface area contributed by atoms with E-state index < -0.39 is 12.0 Å². The first kappa shape index (κ1) is 14.8. The van der Waals surface area contributed by atoms with Crippen molar-refractivity contribution in [2.24, 2.45) is 0 Å². The van der Waals surface area contributed by atoms with E-state index >= 15 is 0 Å². The molecule has 7 heteroatoms. The van der Waals surface area contributed by atoms with Crippen LogP contribution >= 0.6 is 15.9 Å². The van der Waals surface area contributed by atoms with E-state index in [0.717, 1.165) is 4.47 Å². The van der Waals surface area contributed by atoms with Crippen LogP contribution in [0.5, 0.6) is 0 Å². The lowest BCUT2D eigenvalue weighted by atomic mass is 10.1. The molecule has 0 aliphatic carbocycles. The van der Waals surface area contributed by atoms with E-state index in [2.05, 4.69) is 21.2 Å². The Kier molecular flexibility index (Phi) is 4.61. The number of nitrogens with zero attached hydrogens (tertiary/aromatic N) is 1. The quantitative estimate of drug-likeness (QED) is 0.859. The minimum atomic E-state index is -1.02. The number of amides is 1. The fraction of sp³-hybridized carbons (Fsp3) is 0.385. The lowest BCUT2D eigenvalue weighted by molar-refractivity contribution is -0.124. The maximum atomic E-state index is 11.9. The Morgan fingerprint density at radius 1 is 1.50 bits per heavy atom. The molecule has 1 aromatic carbocycles. The molecule has 1 unspecified atom stereocenters. The number of rotatable bonds is 3. The van der Waals surface area contributed by atoms with Crippen LogP contribution in [-0.4, -0.2) is 49.8 Å². The number of morpholine rings is 1. The predicted molar refractivity (Wildman–Crippen MR) is 77.1 cm³/mol. The molecule has 0 spiro atoms. The molecule has 1 fully saturated rings. The summed E-state index contributed by atoms with van der Waals surface area (Å²) in [4.78, 5) is 25.0. The number of aromatic carboxylic acids is 1. The van der Waals surface area contributed by atoms with Crippen LogP contribution in [0.2, 0.25) is 0 Å². The van der Waals surface area contributed by atoms with Crippen LogP contribution in [0.4, 0.5) is 5.69 Å². The van der Waals surface area contributed by atoms with Crippen LogP contribution in [-0.2, 0) is 9.53 Å². The Bertz CT molecular complexity index is 535. The Morgan fingerprint density at radius 2 is 2.25 bits per heavy atom. The Morgan fingerprint density at radius 3 is 2.90 bits per heavy atom. The summed E-state index contributed by atoms with van der Waals surface area (Å²) >= 11 is 3.33. The van der Waals surface area contributed by atoms with Crippen LogP contribution in [0.3, 0.4) is 0 Å². The molecule has 0 radical (unpaired) electrons. The third kappa shape index (κ3) is 2.94. The van der Waals surface area contributed by atoms with E-state index in [1.807, 2.05) is 0 Å². The first-order valence-electron chi connectivity index (χ1n) is 6.13. The van der Waals surface area contributed by atoms with Crippen LogP contribution in [0, 0.1) is 0 Å². The van der Waals surface area contributed by atoms with Crippen molar-refractivity contribution in [2.45, 2.75) is 6.04 Å². The summed E-state index contributed by atoms with van der Waals surface area (Å²) in [7, 11) is 1.55. The first-order chi connectivity index (χ1) is 9.54. The molecule has 1 aromatic rings. The monoisotopic (exact) mass is 342 g/mol. The van der Waals surface area contributed by atoms with Gasteiger partial charge in [0.05, 0.1) is 24.5 Å². The van der Waals surface area contributed by atoms with Gasteiger partial charge < -0.3 is 20.1 Å². The van der Waals surface area contributed by atoms with Gasteiger partial charge in [0.15, 0.2) is 0 Å². The minimum absolute atomic E-state index is 0.170. The number of carboxylic acid groups (broad SMARTS) is 1. The maximum Gasteiger partial charge on any atom is 0.337 e. The summed E-state index contributed by atoms with van der Waals surface area (Å²) in [6.45, 7) is 1.17. The van der Waals surface area contributed by atoms with E-state index in [1.54, 1.807) is 24.1 Å². The lowest BCUT2D eigenvalue weighted by Gasteiger charge is -2.36. The van der Waals surface area contributed by atoms with Gasteiger partial charge in [-0.25, -0.2) is 4.79 Å². The number of carbonyl (C=O) groups is 2. The van der Waals surface area contributed by atoms with Gasteiger partial charge in [0.25, 0.3) is 0 Å². The van der Waals surface area contributed by atoms with Crippen LogP contribution in [0.25, 0.3) is 0 Å². The summed E-state index contributed by atoms with van der Waals surface area (Å²) in [6.07, 6.45) is 0. The molecule has 1 aliphatic heterocycles. The number of nitrogens with one attached hydrogen (secondary N) is 1. The van der Waals surface area contributed by atoms with Crippen LogP contribution in [0.1, 0.15) is 10.4 Å².